The van der Waals surface area contributed by atoms with Gasteiger partial charge in [0.05, 0.1) is 24.9 Å². The summed E-state index contributed by atoms with van der Waals surface area (Å²) in [5.41, 5.74) is 2.28. The molecule has 44 heavy (non-hydrogen) atoms. The van der Waals surface area contributed by atoms with Crippen LogP contribution in [0.5, 0.6) is 0 Å². The Morgan fingerprint density at radius 1 is 1.09 bits per heavy atom. The summed E-state index contributed by atoms with van der Waals surface area (Å²) < 4.78 is 0. The number of benzene rings is 3. The number of anilines is 2. The van der Waals surface area contributed by atoms with E-state index in [1.807, 2.05) is 24.3 Å². The summed E-state index contributed by atoms with van der Waals surface area (Å²) in [6.07, 6.45) is 2.78. The van der Waals surface area contributed by atoms with Gasteiger partial charge in [-0.1, -0.05) is 67.1 Å². The zero-order valence-electron chi connectivity index (χ0n) is 24.6. The molecule has 0 saturated heterocycles. The monoisotopic (exact) mass is 617 g/mol. The molecule has 10 heteroatoms. The Morgan fingerprint density at radius 2 is 1.84 bits per heavy atom. The number of carbonyl (C=O) groups excluding carboxylic acids is 3. The van der Waals surface area contributed by atoms with E-state index in [1.54, 1.807) is 66.4 Å². The van der Waals surface area contributed by atoms with E-state index >= 15 is 0 Å². The molecule has 0 saturated carbocycles. The van der Waals surface area contributed by atoms with Gasteiger partial charge in [0.15, 0.2) is 5.60 Å². The third-order valence-corrected chi connectivity index (χ3v) is 8.64. The van der Waals surface area contributed by atoms with Crippen molar-refractivity contribution in [3.05, 3.63) is 106 Å². The number of rotatable bonds is 9. The minimum atomic E-state index is -1.93. The third kappa shape index (κ3) is 6.14. The fourth-order valence-corrected chi connectivity index (χ4v) is 6.10. The van der Waals surface area contributed by atoms with E-state index in [0.717, 1.165) is 11.1 Å². The van der Waals surface area contributed by atoms with Gasteiger partial charge in [-0.25, -0.2) is 0 Å². The van der Waals surface area contributed by atoms with Crippen molar-refractivity contribution in [1.82, 2.24) is 4.90 Å². The number of amides is 3. The fourth-order valence-electron chi connectivity index (χ4n) is 5.92. The highest BCUT2D eigenvalue weighted by molar-refractivity contribution is 6.31. The molecule has 0 radical (unpaired) electrons. The van der Waals surface area contributed by atoms with E-state index in [-0.39, 0.29) is 31.5 Å². The maximum absolute atomic E-state index is 13.9. The van der Waals surface area contributed by atoms with Gasteiger partial charge in [0.1, 0.15) is 6.10 Å². The van der Waals surface area contributed by atoms with Crippen molar-refractivity contribution in [3.8, 4) is 0 Å². The normalized spacial score (nSPS) is 20.8. The molecule has 4 N–H and O–H groups in total. The van der Waals surface area contributed by atoms with Crippen molar-refractivity contribution in [1.29, 1.82) is 0 Å². The quantitative estimate of drug-likeness (QED) is 0.269. The van der Waals surface area contributed by atoms with E-state index in [1.165, 1.54) is 11.8 Å². The van der Waals surface area contributed by atoms with Crippen LogP contribution in [0.25, 0.3) is 0 Å². The molecule has 0 bridgehead atoms. The van der Waals surface area contributed by atoms with Gasteiger partial charge in [0.25, 0.3) is 11.8 Å². The zero-order chi connectivity index (χ0) is 31.6. The molecule has 0 fully saturated rings. The number of carbonyl (C=O) groups is 3. The summed E-state index contributed by atoms with van der Waals surface area (Å²) in [5.74, 6) is -1.95. The molecule has 2 heterocycles. The standard InChI is InChI=1S/C34H36ClN3O6/c1-21(7-5-12-31(41)37-19-25-10-4-3-9-24(25)16-28(37)20-39)34(44)29-17-26(35)13-14-30(29)38(33(34)43)18-23-8-6-11-27(15-23)36-32(42)22(2)40/h3-11,13-15,17,21-22,28,39-40,44H,12,16,18-20H2,1-2H3,(H,36,42)/b7-5+/t21-,22+,28+,34+/m1/s1. The van der Waals surface area contributed by atoms with E-state index in [9.17, 15) is 29.7 Å². The Hall–Kier alpha value is -4.02. The molecular formula is C34H36ClN3O6. The fraction of sp³-hybridized carbons (Fsp3) is 0.324. The highest BCUT2D eigenvalue weighted by atomic mass is 35.5. The van der Waals surface area contributed by atoms with Crippen LogP contribution in [-0.4, -0.2) is 56.7 Å². The largest absolute Gasteiger partial charge is 0.394 e. The molecule has 0 aliphatic carbocycles. The molecule has 0 spiro atoms. The van der Waals surface area contributed by atoms with Crippen molar-refractivity contribution in [2.75, 3.05) is 16.8 Å². The summed E-state index contributed by atoms with van der Waals surface area (Å²) in [4.78, 5) is 42.3. The van der Waals surface area contributed by atoms with Crippen LogP contribution >= 0.6 is 11.6 Å². The van der Waals surface area contributed by atoms with Gasteiger partial charge in [-0.05, 0) is 60.4 Å². The van der Waals surface area contributed by atoms with E-state index in [0.29, 0.717) is 40.5 Å². The summed E-state index contributed by atoms with van der Waals surface area (Å²) in [6.45, 7) is 3.47. The maximum atomic E-state index is 13.9. The minimum Gasteiger partial charge on any atom is -0.394 e. The lowest BCUT2D eigenvalue weighted by atomic mass is 9.83. The summed E-state index contributed by atoms with van der Waals surface area (Å²) in [6, 6.07) is 19.4. The number of hydrogen-bond donors (Lipinski definition) is 4. The van der Waals surface area contributed by atoms with Crippen molar-refractivity contribution in [2.24, 2.45) is 5.92 Å². The van der Waals surface area contributed by atoms with Crippen LogP contribution in [-0.2, 0) is 39.5 Å². The molecule has 3 aromatic carbocycles. The van der Waals surface area contributed by atoms with Crippen LogP contribution < -0.4 is 10.2 Å². The highest BCUT2D eigenvalue weighted by Gasteiger charge is 2.52. The number of nitrogens with zero attached hydrogens (tertiary/aromatic N) is 2. The van der Waals surface area contributed by atoms with Gasteiger partial charge >= 0.3 is 0 Å². The first-order chi connectivity index (χ1) is 21.0. The van der Waals surface area contributed by atoms with Crippen molar-refractivity contribution < 1.29 is 29.7 Å². The molecule has 5 rings (SSSR count). The van der Waals surface area contributed by atoms with Crippen LogP contribution in [0.4, 0.5) is 11.4 Å². The topological polar surface area (TPSA) is 130 Å². The lowest BCUT2D eigenvalue weighted by Crippen LogP contribution is -2.46. The summed E-state index contributed by atoms with van der Waals surface area (Å²) in [7, 11) is 0. The van der Waals surface area contributed by atoms with Crippen molar-refractivity contribution in [2.45, 2.75) is 57.5 Å². The van der Waals surface area contributed by atoms with Crippen LogP contribution in [0.1, 0.15) is 42.5 Å². The van der Waals surface area contributed by atoms with Gasteiger partial charge in [-0.2, -0.15) is 0 Å². The van der Waals surface area contributed by atoms with Gasteiger partial charge in [-0.15, -0.1) is 0 Å². The lowest BCUT2D eigenvalue weighted by Gasteiger charge is -2.36. The van der Waals surface area contributed by atoms with Crippen LogP contribution in [0.15, 0.2) is 78.9 Å². The van der Waals surface area contributed by atoms with Crippen LogP contribution in [0, 0.1) is 5.92 Å². The van der Waals surface area contributed by atoms with E-state index in [2.05, 4.69) is 5.32 Å². The number of aliphatic hydroxyl groups excluding tert-OH is 2. The second kappa shape index (κ2) is 12.9. The molecule has 3 amide bonds. The van der Waals surface area contributed by atoms with Gasteiger partial charge < -0.3 is 30.4 Å². The highest BCUT2D eigenvalue weighted by Crippen LogP contribution is 2.46. The van der Waals surface area contributed by atoms with Crippen molar-refractivity contribution >= 4 is 40.7 Å². The molecule has 3 aromatic rings. The minimum absolute atomic E-state index is 0.0460. The van der Waals surface area contributed by atoms with E-state index < -0.39 is 29.4 Å². The summed E-state index contributed by atoms with van der Waals surface area (Å²) in [5, 5.41) is 34.5. The molecule has 2 aliphatic rings. The molecule has 2 aliphatic heterocycles. The Morgan fingerprint density at radius 3 is 2.57 bits per heavy atom. The Labute approximate surface area is 261 Å². The molecule has 9 nitrogen and oxygen atoms in total. The number of hydrogen-bond acceptors (Lipinski definition) is 6. The van der Waals surface area contributed by atoms with E-state index in [4.69, 9.17) is 11.6 Å². The maximum Gasteiger partial charge on any atom is 0.264 e. The zero-order valence-corrected chi connectivity index (χ0v) is 25.4. The number of fused-ring (bicyclic) bond motifs is 2. The first kappa shape index (κ1) is 31.4. The molecule has 4 atom stereocenters. The average Bonchev–Trinajstić information content (AvgIpc) is 3.22. The Kier molecular flexibility index (Phi) is 9.22. The third-order valence-electron chi connectivity index (χ3n) is 8.41. The Bertz CT molecular complexity index is 1610. The first-order valence-corrected chi connectivity index (χ1v) is 15.0. The smallest absolute Gasteiger partial charge is 0.264 e. The number of halogens is 1. The summed E-state index contributed by atoms with van der Waals surface area (Å²) >= 11 is 6.31. The predicted octanol–water partition coefficient (Wildman–Crippen LogP) is 3.92. The van der Waals surface area contributed by atoms with Gasteiger partial charge in [0.2, 0.25) is 5.91 Å². The van der Waals surface area contributed by atoms with Gasteiger partial charge in [0, 0.05) is 35.2 Å². The number of nitrogens with one attached hydrogen (secondary N) is 1. The SMILES string of the molecule is C[C@H](O)C(=O)Nc1cccc(CN2C(=O)[C@](O)([C@H](C)/C=C/CC(=O)N3Cc4ccccc4C[C@H]3CO)c3cc(Cl)ccc32)c1. The van der Waals surface area contributed by atoms with Crippen LogP contribution in [0.2, 0.25) is 5.02 Å². The second-order valence-corrected chi connectivity index (χ2v) is 11.9. The average molecular weight is 618 g/mol. The second-order valence-electron chi connectivity index (χ2n) is 11.4. The van der Waals surface area contributed by atoms with Gasteiger partial charge in [-0.3, -0.25) is 14.4 Å². The predicted molar refractivity (Wildman–Crippen MR) is 168 cm³/mol. The first-order valence-electron chi connectivity index (χ1n) is 14.6. The molecule has 230 valence electrons. The molecule has 0 aromatic heterocycles. The molecule has 0 unspecified atom stereocenters. The van der Waals surface area contributed by atoms with Crippen LogP contribution in [0.3, 0.4) is 0 Å². The lowest BCUT2D eigenvalue weighted by molar-refractivity contribution is -0.139. The number of aliphatic hydroxyl groups is 3. The molecular weight excluding hydrogens is 582 g/mol. The Balaban J connectivity index is 1.33. The van der Waals surface area contributed by atoms with Crippen molar-refractivity contribution in [3.63, 3.8) is 0 Å².